The Morgan fingerprint density at radius 2 is 1.95 bits per heavy atom. The molecule has 1 aromatic carbocycles. The van der Waals surface area contributed by atoms with Crippen molar-refractivity contribution in [2.45, 2.75) is 37.5 Å². The fourth-order valence-electron chi connectivity index (χ4n) is 3.64. The maximum absolute atomic E-state index is 12.2. The van der Waals surface area contributed by atoms with Gasteiger partial charge in [-0.05, 0) is 30.4 Å². The van der Waals surface area contributed by atoms with Gasteiger partial charge in [0.1, 0.15) is 0 Å². The van der Waals surface area contributed by atoms with E-state index in [0.29, 0.717) is 12.6 Å². The van der Waals surface area contributed by atoms with Crippen LogP contribution in [0.5, 0.6) is 0 Å². The van der Waals surface area contributed by atoms with Gasteiger partial charge in [-0.2, -0.15) is 0 Å². The summed E-state index contributed by atoms with van der Waals surface area (Å²) < 4.78 is 0. The van der Waals surface area contributed by atoms with E-state index in [1.165, 1.54) is 18.4 Å². The number of aliphatic hydroxyl groups excluding tert-OH is 1. The van der Waals surface area contributed by atoms with Gasteiger partial charge in [0.05, 0.1) is 12.6 Å². The molecule has 1 heterocycles. The molecule has 1 saturated heterocycles. The Balaban J connectivity index is 1.49. The van der Waals surface area contributed by atoms with Gasteiger partial charge in [0.25, 0.3) is 0 Å². The van der Waals surface area contributed by atoms with Gasteiger partial charge in [0.2, 0.25) is 5.91 Å². The smallest absolute Gasteiger partial charge is 0.237 e. The summed E-state index contributed by atoms with van der Waals surface area (Å²) in [7, 11) is 0. The third-order valence-corrected chi connectivity index (χ3v) is 4.91. The Kier molecular flexibility index (Phi) is 2.82. The molecule has 3 aliphatic rings. The highest BCUT2D eigenvalue weighted by Gasteiger charge is 2.41. The lowest BCUT2D eigenvalue weighted by molar-refractivity contribution is -0.138. The number of benzene rings is 1. The van der Waals surface area contributed by atoms with E-state index in [9.17, 15) is 9.90 Å². The summed E-state index contributed by atoms with van der Waals surface area (Å²) in [5.74, 6) is 0.238. The lowest BCUT2D eigenvalue weighted by Gasteiger charge is -2.38. The number of aliphatic hydroxyl groups is 1. The maximum Gasteiger partial charge on any atom is 0.237 e. The zero-order valence-corrected chi connectivity index (χ0v) is 11.5. The molecule has 1 N–H and O–H groups in total. The summed E-state index contributed by atoms with van der Waals surface area (Å²) in [4.78, 5) is 16.4. The normalized spacial score (nSPS) is 30.6. The van der Waals surface area contributed by atoms with Crippen LogP contribution in [0.3, 0.4) is 0 Å². The van der Waals surface area contributed by atoms with E-state index in [4.69, 9.17) is 0 Å². The molecular weight excluding hydrogens is 252 g/mol. The molecule has 4 heteroatoms. The molecule has 1 aliphatic heterocycles. The van der Waals surface area contributed by atoms with E-state index in [-0.39, 0.29) is 11.9 Å². The molecule has 1 saturated carbocycles. The number of fused-ring (bicyclic) bond motifs is 1. The van der Waals surface area contributed by atoms with Crippen molar-refractivity contribution in [2.24, 2.45) is 0 Å². The first-order valence-electron chi connectivity index (χ1n) is 7.53. The number of nitrogens with zero attached hydrogens (tertiary/aromatic N) is 2. The highest BCUT2D eigenvalue weighted by atomic mass is 16.3. The number of rotatable bonds is 2. The van der Waals surface area contributed by atoms with E-state index < -0.39 is 6.10 Å². The number of hydrogen-bond acceptors (Lipinski definition) is 3. The molecule has 0 spiro atoms. The van der Waals surface area contributed by atoms with Crippen LogP contribution in [0.2, 0.25) is 0 Å². The Morgan fingerprint density at radius 1 is 1.15 bits per heavy atom. The number of carbonyl (C=O) groups excluding carboxylic acids is 1. The molecule has 1 aromatic rings. The fraction of sp³-hybridized carbons (Fsp3) is 0.562. The molecule has 0 aromatic heterocycles. The minimum Gasteiger partial charge on any atom is -0.387 e. The zero-order valence-electron chi connectivity index (χ0n) is 11.5. The van der Waals surface area contributed by atoms with Crippen LogP contribution < -0.4 is 0 Å². The molecule has 2 atom stereocenters. The quantitative estimate of drug-likeness (QED) is 0.872. The summed E-state index contributed by atoms with van der Waals surface area (Å²) >= 11 is 0. The van der Waals surface area contributed by atoms with Gasteiger partial charge < -0.3 is 10.0 Å². The second-order valence-corrected chi connectivity index (χ2v) is 6.20. The Morgan fingerprint density at radius 3 is 2.65 bits per heavy atom. The molecule has 106 valence electrons. The van der Waals surface area contributed by atoms with Crippen LogP contribution in [0.25, 0.3) is 0 Å². The van der Waals surface area contributed by atoms with Gasteiger partial charge in [-0.25, -0.2) is 0 Å². The summed E-state index contributed by atoms with van der Waals surface area (Å²) in [6.45, 7) is 2.17. The van der Waals surface area contributed by atoms with Gasteiger partial charge in [0, 0.05) is 25.2 Å². The molecule has 2 fully saturated rings. The van der Waals surface area contributed by atoms with Crippen LogP contribution in [0.1, 0.15) is 30.1 Å². The first-order valence-corrected chi connectivity index (χ1v) is 7.53. The predicted molar refractivity (Wildman–Crippen MR) is 75.2 cm³/mol. The lowest BCUT2D eigenvalue weighted by atomic mass is 10.1. The van der Waals surface area contributed by atoms with Crippen molar-refractivity contribution < 1.29 is 9.90 Å². The third kappa shape index (κ3) is 1.95. The fourth-order valence-corrected chi connectivity index (χ4v) is 3.64. The van der Waals surface area contributed by atoms with Gasteiger partial charge in [-0.3, -0.25) is 9.69 Å². The molecule has 2 aliphatic carbocycles. The first-order chi connectivity index (χ1) is 9.74. The number of piperazine rings is 1. The van der Waals surface area contributed by atoms with Crippen molar-refractivity contribution >= 4 is 5.91 Å². The monoisotopic (exact) mass is 272 g/mol. The van der Waals surface area contributed by atoms with E-state index >= 15 is 0 Å². The second kappa shape index (κ2) is 4.57. The molecule has 0 radical (unpaired) electrons. The summed E-state index contributed by atoms with van der Waals surface area (Å²) in [6, 6.07) is 8.65. The minimum absolute atomic E-state index is 0.0673. The van der Waals surface area contributed by atoms with E-state index in [1.54, 1.807) is 0 Å². The largest absolute Gasteiger partial charge is 0.387 e. The number of hydrogen-bond donors (Lipinski definition) is 1. The highest BCUT2D eigenvalue weighted by molar-refractivity contribution is 5.79. The number of amides is 1. The summed E-state index contributed by atoms with van der Waals surface area (Å²) in [6.07, 6.45) is 2.74. The van der Waals surface area contributed by atoms with Crippen molar-refractivity contribution in [3.8, 4) is 0 Å². The Bertz CT molecular complexity index is 541. The van der Waals surface area contributed by atoms with Crippen LogP contribution in [-0.4, -0.2) is 52.5 Å². The van der Waals surface area contributed by atoms with E-state index in [0.717, 1.165) is 25.1 Å². The van der Waals surface area contributed by atoms with E-state index in [1.807, 2.05) is 23.1 Å². The van der Waals surface area contributed by atoms with Crippen molar-refractivity contribution in [3.63, 3.8) is 0 Å². The molecule has 20 heavy (non-hydrogen) atoms. The van der Waals surface area contributed by atoms with Crippen LogP contribution in [0.4, 0.5) is 0 Å². The average molecular weight is 272 g/mol. The van der Waals surface area contributed by atoms with Gasteiger partial charge in [-0.1, -0.05) is 24.3 Å². The summed E-state index contributed by atoms with van der Waals surface area (Å²) in [5, 5.41) is 10.5. The van der Waals surface area contributed by atoms with Gasteiger partial charge in [-0.15, -0.1) is 0 Å². The molecule has 1 amide bonds. The Hall–Kier alpha value is -1.39. The molecule has 0 bridgehead atoms. The topological polar surface area (TPSA) is 43.8 Å². The van der Waals surface area contributed by atoms with E-state index in [2.05, 4.69) is 11.0 Å². The van der Waals surface area contributed by atoms with Crippen molar-refractivity contribution in [1.29, 1.82) is 0 Å². The SMILES string of the molecule is O=C1CN([C@@H]2Cc3ccccc3[C@@H]2O)CCN1C1CC1. The van der Waals surface area contributed by atoms with Crippen LogP contribution in [-0.2, 0) is 11.2 Å². The molecule has 0 unspecified atom stereocenters. The molecule has 4 nitrogen and oxygen atoms in total. The standard InChI is InChI=1S/C16H20N2O2/c19-15-10-17(7-8-18(15)12-5-6-12)14-9-11-3-1-2-4-13(11)16(14)20/h1-4,12,14,16,20H,5-10H2/t14-,16+/m1/s1. The lowest BCUT2D eigenvalue weighted by Crippen LogP contribution is -2.55. The molecular formula is C16H20N2O2. The number of carbonyl (C=O) groups is 1. The van der Waals surface area contributed by atoms with Crippen molar-refractivity contribution in [3.05, 3.63) is 35.4 Å². The van der Waals surface area contributed by atoms with Crippen LogP contribution >= 0.6 is 0 Å². The van der Waals surface area contributed by atoms with Crippen molar-refractivity contribution in [1.82, 2.24) is 9.80 Å². The minimum atomic E-state index is -0.452. The molecule has 4 rings (SSSR count). The summed E-state index contributed by atoms with van der Waals surface area (Å²) in [5.41, 5.74) is 2.26. The van der Waals surface area contributed by atoms with Crippen LogP contribution in [0.15, 0.2) is 24.3 Å². The Labute approximate surface area is 119 Å². The first kappa shape index (κ1) is 12.4. The van der Waals surface area contributed by atoms with Crippen molar-refractivity contribution in [2.75, 3.05) is 19.6 Å². The van der Waals surface area contributed by atoms with Crippen LogP contribution in [0, 0.1) is 0 Å². The van der Waals surface area contributed by atoms with Gasteiger partial charge in [0.15, 0.2) is 0 Å². The zero-order chi connectivity index (χ0) is 13.7. The average Bonchev–Trinajstić information content (AvgIpc) is 3.24. The highest BCUT2D eigenvalue weighted by Crippen LogP contribution is 2.35. The maximum atomic E-state index is 12.2. The third-order valence-electron chi connectivity index (χ3n) is 4.91. The predicted octanol–water partition coefficient (Wildman–Crippen LogP) is 0.951. The van der Waals surface area contributed by atoms with Gasteiger partial charge >= 0.3 is 0 Å². The second-order valence-electron chi connectivity index (χ2n) is 6.20.